The zero-order valence-electron chi connectivity index (χ0n) is 20.9. The number of nitrogens with zero attached hydrogens (tertiary/aromatic N) is 3. The highest BCUT2D eigenvalue weighted by Crippen LogP contribution is 2.25. The molecule has 40 heavy (non-hydrogen) atoms. The van der Waals surface area contributed by atoms with Crippen LogP contribution in [0.5, 0.6) is 5.75 Å². The second-order valence-corrected chi connectivity index (χ2v) is 11.2. The Morgan fingerprint density at radius 3 is 2.23 bits per heavy atom. The predicted molar refractivity (Wildman–Crippen MR) is 155 cm³/mol. The summed E-state index contributed by atoms with van der Waals surface area (Å²) in [6.07, 6.45) is 1.42. The number of rotatable bonds is 11. The van der Waals surface area contributed by atoms with Crippen LogP contribution in [-0.4, -0.2) is 32.0 Å². The largest absolute Gasteiger partial charge is 0.489 e. The van der Waals surface area contributed by atoms with Gasteiger partial charge in [-0.3, -0.25) is 19.2 Å². The minimum atomic E-state index is -4.01. The molecular weight excluding hydrogens is 600 g/mol. The Hall–Kier alpha value is -4.55. The molecule has 0 atom stereocenters. The smallest absolute Gasteiger partial charge is 0.269 e. The van der Waals surface area contributed by atoms with E-state index in [1.54, 1.807) is 78.9 Å². The summed E-state index contributed by atoms with van der Waals surface area (Å²) in [5.74, 6) is -0.0440. The van der Waals surface area contributed by atoms with Gasteiger partial charge in [0.25, 0.3) is 21.6 Å². The van der Waals surface area contributed by atoms with Crippen LogP contribution in [0.1, 0.15) is 11.1 Å². The number of carbonyl (C=O) groups excluding carboxylic acids is 1. The fourth-order valence-electron chi connectivity index (χ4n) is 3.52. The molecule has 0 bridgehead atoms. The van der Waals surface area contributed by atoms with Gasteiger partial charge in [0.05, 0.1) is 21.7 Å². The van der Waals surface area contributed by atoms with Crippen molar-refractivity contribution in [1.29, 1.82) is 0 Å². The highest BCUT2D eigenvalue weighted by atomic mass is 79.9. The van der Waals surface area contributed by atoms with Crippen LogP contribution in [0.3, 0.4) is 0 Å². The quantitative estimate of drug-likeness (QED) is 0.137. The number of nitro benzene ring substituents is 1. The van der Waals surface area contributed by atoms with E-state index in [1.165, 1.54) is 30.5 Å². The number of anilines is 1. The lowest BCUT2D eigenvalue weighted by atomic mass is 10.2. The molecule has 0 aliphatic rings. The summed E-state index contributed by atoms with van der Waals surface area (Å²) in [6.45, 7) is -0.242. The summed E-state index contributed by atoms with van der Waals surface area (Å²) >= 11 is 3.33. The standard InChI is InChI=1S/C28H23BrN4O6S/c29-23-10-14-24(15-11-23)32(40(37,38)27-4-2-1-3-5-27)19-28(34)31-30-18-21-8-16-26(17-9-21)39-20-22-6-12-25(13-7-22)33(35)36/h1-18H,19-20H2,(H,31,34)/b30-18-. The minimum absolute atomic E-state index is 0.0123. The minimum Gasteiger partial charge on any atom is -0.489 e. The third-order valence-electron chi connectivity index (χ3n) is 5.57. The molecule has 4 rings (SSSR count). The van der Waals surface area contributed by atoms with Crippen molar-refractivity contribution < 1.29 is 22.9 Å². The second kappa shape index (κ2) is 13.0. The maximum absolute atomic E-state index is 13.3. The van der Waals surface area contributed by atoms with E-state index in [1.807, 2.05) is 0 Å². The zero-order valence-corrected chi connectivity index (χ0v) is 23.3. The number of hydrogen-bond donors (Lipinski definition) is 1. The van der Waals surface area contributed by atoms with Crippen LogP contribution in [0, 0.1) is 10.1 Å². The molecule has 1 amide bonds. The van der Waals surface area contributed by atoms with Gasteiger partial charge < -0.3 is 4.74 Å². The van der Waals surface area contributed by atoms with Crippen molar-refractivity contribution in [3.8, 4) is 5.75 Å². The number of nitrogens with one attached hydrogen (secondary N) is 1. The number of hydrogen-bond acceptors (Lipinski definition) is 7. The van der Waals surface area contributed by atoms with Gasteiger partial charge in [0.15, 0.2) is 0 Å². The number of amides is 1. The Kier molecular flexibility index (Phi) is 9.25. The van der Waals surface area contributed by atoms with Gasteiger partial charge in [-0.05, 0) is 83.9 Å². The molecule has 1 N–H and O–H groups in total. The van der Waals surface area contributed by atoms with Crippen LogP contribution in [0.25, 0.3) is 0 Å². The molecular formula is C28H23BrN4O6S. The Bertz CT molecular complexity index is 1600. The molecule has 0 unspecified atom stereocenters. The normalized spacial score (nSPS) is 11.2. The lowest BCUT2D eigenvalue weighted by molar-refractivity contribution is -0.384. The maximum Gasteiger partial charge on any atom is 0.269 e. The van der Waals surface area contributed by atoms with Crippen LogP contribution in [-0.2, 0) is 21.4 Å². The fraction of sp³-hybridized carbons (Fsp3) is 0.0714. The average molecular weight is 623 g/mol. The Morgan fingerprint density at radius 1 is 0.950 bits per heavy atom. The van der Waals surface area contributed by atoms with Gasteiger partial charge in [-0.25, -0.2) is 13.8 Å². The number of sulfonamides is 1. The van der Waals surface area contributed by atoms with E-state index in [0.29, 0.717) is 17.0 Å². The molecule has 0 fully saturated rings. The molecule has 0 saturated heterocycles. The van der Waals surface area contributed by atoms with E-state index >= 15 is 0 Å². The van der Waals surface area contributed by atoms with Gasteiger partial charge in [-0.2, -0.15) is 5.10 Å². The number of halogens is 1. The van der Waals surface area contributed by atoms with Crippen LogP contribution in [0.4, 0.5) is 11.4 Å². The topological polar surface area (TPSA) is 131 Å². The van der Waals surface area contributed by atoms with Gasteiger partial charge in [0.2, 0.25) is 0 Å². The summed E-state index contributed by atoms with van der Waals surface area (Å²) in [5.41, 5.74) is 4.17. The van der Waals surface area contributed by atoms with Crippen molar-refractivity contribution in [2.45, 2.75) is 11.5 Å². The highest BCUT2D eigenvalue weighted by Gasteiger charge is 2.27. The SMILES string of the molecule is O=C(CN(c1ccc(Br)cc1)S(=O)(=O)c1ccccc1)N/N=C\c1ccc(OCc2ccc([N+](=O)[O-])cc2)cc1. The number of non-ortho nitro benzene ring substituents is 1. The van der Waals surface area contributed by atoms with Crippen LogP contribution in [0.15, 0.2) is 118 Å². The first kappa shape index (κ1) is 28.5. The molecule has 0 radical (unpaired) electrons. The molecule has 0 saturated carbocycles. The summed E-state index contributed by atoms with van der Waals surface area (Å²) in [7, 11) is -4.01. The summed E-state index contributed by atoms with van der Waals surface area (Å²) in [5, 5.41) is 14.7. The molecule has 0 heterocycles. The highest BCUT2D eigenvalue weighted by molar-refractivity contribution is 9.10. The summed E-state index contributed by atoms with van der Waals surface area (Å²) < 4.78 is 34.1. The van der Waals surface area contributed by atoms with Crippen LogP contribution >= 0.6 is 15.9 Å². The number of ether oxygens (including phenoxy) is 1. The van der Waals surface area contributed by atoms with Gasteiger partial charge in [-0.15, -0.1) is 0 Å². The van der Waals surface area contributed by atoms with Crippen molar-refractivity contribution in [2.75, 3.05) is 10.8 Å². The Balaban J connectivity index is 1.36. The number of nitro groups is 1. The Morgan fingerprint density at radius 2 is 1.60 bits per heavy atom. The van der Waals surface area contributed by atoms with E-state index in [4.69, 9.17) is 4.74 Å². The van der Waals surface area contributed by atoms with Gasteiger partial charge in [-0.1, -0.05) is 34.1 Å². The number of benzene rings is 4. The van der Waals surface area contributed by atoms with Crippen molar-refractivity contribution in [1.82, 2.24) is 5.43 Å². The predicted octanol–water partition coefficient (Wildman–Crippen LogP) is 5.28. The van der Waals surface area contributed by atoms with Crippen molar-refractivity contribution in [2.24, 2.45) is 5.10 Å². The third-order valence-corrected chi connectivity index (χ3v) is 7.89. The van der Waals surface area contributed by atoms with E-state index in [2.05, 4.69) is 26.5 Å². The third kappa shape index (κ3) is 7.52. The van der Waals surface area contributed by atoms with Crippen molar-refractivity contribution in [3.63, 3.8) is 0 Å². The first-order valence-corrected chi connectivity index (χ1v) is 14.1. The van der Waals surface area contributed by atoms with Gasteiger partial charge in [0.1, 0.15) is 18.9 Å². The molecule has 4 aromatic carbocycles. The number of carbonyl (C=O) groups is 1. The first-order chi connectivity index (χ1) is 19.2. The molecule has 0 aliphatic heterocycles. The maximum atomic E-state index is 13.3. The fourth-order valence-corrected chi connectivity index (χ4v) is 5.22. The summed E-state index contributed by atoms with van der Waals surface area (Å²) in [6, 6.07) is 27.5. The second-order valence-electron chi connectivity index (χ2n) is 8.38. The molecule has 4 aromatic rings. The molecule has 204 valence electrons. The van der Waals surface area contributed by atoms with E-state index < -0.39 is 27.4 Å². The molecule has 0 aliphatic carbocycles. The first-order valence-electron chi connectivity index (χ1n) is 11.8. The van der Waals surface area contributed by atoms with E-state index in [-0.39, 0.29) is 17.2 Å². The van der Waals surface area contributed by atoms with Gasteiger partial charge >= 0.3 is 0 Å². The van der Waals surface area contributed by atoms with E-state index in [9.17, 15) is 23.3 Å². The zero-order chi connectivity index (χ0) is 28.5. The van der Waals surface area contributed by atoms with Gasteiger partial charge in [0, 0.05) is 16.6 Å². The lowest BCUT2D eigenvalue weighted by Crippen LogP contribution is -2.39. The molecule has 10 nitrogen and oxygen atoms in total. The molecule has 0 spiro atoms. The Labute approximate surface area is 239 Å². The molecule has 0 aromatic heterocycles. The number of hydrazone groups is 1. The van der Waals surface area contributed by atoms with Crippen molar-refractivity contribution >= 4 is 49.4 Å². The van der Waals surface area contributed by atoms with Crippen LogP contribution in [0.2, 0.25) is 0 Å². The van der Waals surface area contributed by atoms with Crippen LogP contribution < -0.4 is 14.5 Å². The lowest BCUT2D eigenvalue weighted by Gasteiger charge is -2.23. The van der Waals surface area contributed by atoms with E-state index in [0.717, 1.165) is 14.3 Å². The van der Waals surface area contributed by atoms with Crippen molar-refractivity contribution in [3.05, 3.63) is 129 Å². The summed E-state index contributed by atoms with van der Waals surface area (Å²) in [4.78, 5) is 23.1. The monoisotopic (exact) mass is 622 g/mol. The molecule has 12 heteroatoms. The average Bonchev–Trinajstić information content (AvgIpc) is 2.96.